The third kappa shape index (κ3) is 5.35. The summed E-state index contributed by atoms with van der Waals surface area (Å²) in [6.07, 6.45) is 4.82. The van der Waals surface area contributed by atoms with Crippen LogP contribution in [-0.2, 0) is 22.5 Å². The highest BCUT2D eigenvalue weighted by Crippen LogP contribution is 2.33. The Morgan fingerprint density at radius 3 is 2.50 bits per heavy atom. The molecule has 1 aliphatic heterocycles. The smallest absolute Gasteiger partial charge is 0.416 e. The van der Waals surface area contributed by atoms with Gasteiger partial charge < -0.3 is 9.30 Å². The Balaban J connectivity index is 1.23. The SMILES string of the molecule is Cc1cc(C)c2c(-c3ccccc3)cn(CCCC[C@@H](C)C(=O)N3C(=O)OC[C@H]3Cc3ccccc3)c2n1. The van der Waals surface area contributed by atoms with Crippen molar-refractivity contribution in [1.29, 1.82) is 0 Å². The lowest BCUT2D eigenvalue weighted by atomic mass is 10.00. The number of unbranched alkanes of at least 4 members (excludes halogenated alkanes) is 1. The van der Waals surface area contributed by atoms with Gasteiger partial charge in [0.05, 0.1) is 6.04 Å². The summed E-state index contributed by atoms with van der Waals surface area (Å²) in [5, 5.41) is 1.20. The first-order valence-electron chi connectivity index (χ1n) is 13.5. The van der Waals surface area contributed by atoms with Crippen molar-refractivity contribution in [3.63, 3.8) is 0 Å². The molecule has 3 heterocycles. The molecule has 6 heteroatoms. The number of amides is 2. The van der Waals surface area contributed by atoms with E-state index in [2.05, 4.69) is 48.0 Å². The normalized spacial score (nSPS) is 16.1. The van der Waals surface area contributed by atoms with Crippen LogP contribution in [-0.4, -0.2) is 39.1 Å². The van der Waals surface area contributed by atoms with Crippen molar-refractivity contribution < 1.29 is 14.3 Å². The second-order valence-corrected chi connectivity index (χ2v) is 10.4. The summed E-state index contributed by atoms with van der Waals surface area (Å²) in [4.78, 5) is 31.9. The number of aromatic nitrogens is 2. The van der Waals surface area contributed by atoms with Crippen molar-refractivity contribution in [3.05, 3.63) is 89.7 Å². The van der Waals surface area contributed by atoms with E-state index in [9.17, 15) is 9.59 Å². The first-order chi connectivity index (χ1) is 18.4. The minimum Gasteiger partial charge on any atom is -0.447 e. The number of rotatable bonds is 9. The van der Waals surface area contributed by atoms with Gasteiger partial charge in [-0.05, 0) is 55.9 Å². The summed E-state index contributed by atoms with van der Waals surface area (Å²) in [7, 11) is 0. The molecule has 4 aromatic rings. The van der Waals surface area contributed by atoms with Gasteiger partial charge in [0.1, 0.15) is 12.3 Å². The van der Waals surface area contributed by atoms with Crippen LogP contribution in [0.15, 0.2) is 72.9 Å². The number of imide groups is 1. The van der Waals surface area contributed by atoms with E-state index in [0.717, 1.165) is 42.7 Å². The fourth-order valence-corrected chi connectivity index (χ4v) is 5.51. The Kier molecular flexibility index (Phi) is 7.59. The number of pyridine rings is 1. The Bertz CT molecular complexity index is 1430. The summed E-state index contributed by atoms with van der Waals surface area (Å²) >= 11 is 0. The lowest BCUT2D eigenvalue weighted by molar-refractivity contribution is -0.133. The Labute approximate surface area is 224 Å². The lowest BCUT2D eigenvalue weighted by Crippen LogP contribution is -2.43. The van der Waals surface area contributed by atoms with Gasteiger partial charge >= 0.3 is 6.09 Å². The first kappa shape index (κ1) is 25.7. The van der Waals surface area contributed by atoms with Gasteiger partial charge in [0.2, 0.25) is 5.91 Å². The van der Waals surface area contributed by atoms with Crippen LogP contribution < -0.4 is 0 Å². The molecule has 38 heavy (non-hydrogen) atoms. The highest BCUT2D eigenvalue weighted by atomic mass is 16.6. The van der Waals surface area contributed by atoms with E-state index in [-0.39, 0.29) is 24.5 Å². The molecule has 2 amide bonds. The molecule has 2 aromatic carbocycles. The molecule has 0 saturated carbocycles. The standard InChI is InChI=1S/C32H35N3O3/c1-22(31(36)35-27(21-38-32(35)37)19-25-13-6-4-7-14-25)12-10-11-17-34-20-28(26-15-8-5-9-16-26)29-23(2)18-24(3)33-30(29)34/h4-9,13-16,18,20,22,27H,10-12,17,19,21H2,1-3H3/t22-,27-/m1/s1. The zero-order valence-electron chi connectivity index (χ0n) is 22.4. The van der Waals surface area contributed by atoms with Crippen LogP contribution in [0.1, 0.15) is 43.0 Å². The highest BCUT2D eigenvalue weighted by Gasteiger charge is 2.39. The molecule has 2 aromatic heterocycles. The van der Waals surface area contributed by atoms with Crippen molar-refractivity contribution in [2.45, 2.75) is 59.0 Å². The van der Waals surface area contributed by atoms with E-state index < -0.39 is 6.09 Å². The number of hydrogen-bond acceptors (Lipinski definition) is 4. The average Bonchev–Trinajstić information content (AvgIpc) is 3.47. The lowest BCUT2D eigenvalue weighted by Gasteiger charge is -2.23. The fraction of sp³-hybridized carbons (Fsp3) is 0.344. The van der Waals surface area contributed by atoms with Crippen LogP contribution in [0.2, 0.25) is 0 Å². The highest BCUT2D eigenvalue weighted by molar-refractivity contribution is 5.96. The predicted octanol–water partition coefficient (Wildman–Crippen LogP) is 6.72. The van der Waals surface area contributed by atoms with Crippen LogP contribution >= 0.6 is 0 Å². The second-order valence-electron chi connectivity index (χ2n) is 10.4. The number of cyclic esters (lactones) is 1. The molecule has 1 saturated heterocycles. The molecule has 6 nitrogen and oxygen atoms in total. The number of aryl methyl sites for hydroxylation is 3. The first-order valence-corrected chi connectivity index (χ1v) is 13.5. The summed E-state index contributed by atoms with van der Waals surface area (Å²) in [6, 6.07) is 22.3. The molecular weight excluding hydrogens is 474 g/mol. The number of hydrogen-bond donors (Lipinski definition) is 0. The Morgan fingerprint density at radius 1 is 1.05 bits per heavy atom. The fourth-order valence-electron chi connectivity index (χ4n) is 5.51. The molecule has 1 fully saturated rings. The van der Waals surface area contributed by atoms with E-state index in [1.165, 1.54) is 27.0 Å². The monoisotopic (exact) mass is 509 g/mol. The molecular formula is C32H35N3O3. The van der Waals surface area contributed by atoms with Gasteiger partial charge in [0, 0.05) is 35.3 Å². The van der Waals surface area contributed by atoms with Crippen molar-refractivity contribution in [3.8, 4) is 11.1 Å². The molecule has 2 atom stereocenters. The molecule has 0 N–H and O–H groups in total. The zero-order valence-corrected chi connectivity index (χ0v) is 22.4. The predicted molar refractivity (Wildman–Crippen MR) is 150 cm³/mol. The Hall–Kier alpha value is -3.93. The molecule has 0 unspecified atom stereocenters. The van der Waals surface area contributed by atoms with Gasteiger partial charge in [-0.25, -0.2) is 14.7 Å². The number of carbonyl (C=O) groups is 2. The molecule has 0 spiro atoms. The minimum absolute atomic E-state index is 0.140. The van der Waals surface area contributed by atoms with Crippen molar-refractivity contribution >= 4 is 23.0 Å². The van der Waals surface area contributed by atoms with Gasteiger partial charge in [-0.3, -0.25) is 4.79 Å². The van der Waals surface area contributed by atoms with E-state index in [4.69, 9.17) is 9.72 Å². The maximum Gasteiger partial charge on any atom is 0.416 e. The molecule has 0 radical (unpaired) electrons. The van der Waals surface area contributed by atoms with Gasteiger partial charge in [0.25, 0.3) is 0 Å². The molecule has 0 aliphatic carbocycles. The van der Waals surface area contributed by atoms with E-state index >= 15 is 0 Å². The van der Waals surface area contributed by atoms with Crippen molar-refractivity contribution in [1.82, 2.24) is 14.5 Å². The maximum atomic E-state index is 13.2. The number of benzene rings is 2. The van der Waals surface area contributed by atoms with Gasteiger partial charge in [-0.2, -0.15) is 0 Å². The van der Waals surface area contributed by atoms with Gasteiger partial charge in [-0.1, -0.05) is 74.0 Å². The number of nitrogens with zero attached hydrogens (tertiary/aromatic N) is 3. The van der Waals surface area contributed by atoms with Crippen LogP contribution in [0.4, 0.5) is 4.79 Å². The summed E-state index contributed by atoms with van der Waals surface area (Å²) in [5.41, 5.74) is 6.73. The number of ether oxygens (including phenoxy) is 1. The number of carbonyl (C=O) groups excluding carboxylic acids is 2. The van der Waals surface area contributed by atoms with Crippen LogP contribution in [0.5, 0.6) is 0 Å². The minimum atomic E-state index is -0.521. The summed E-state index contributed by atoms with van der Waals surface area (Å²) in [5.74, 6) is -0.387. The quantitative estimate of drug-likeness (QED) is 0.235. The second kappa shape index (κ2) is 11.2. The van der Waals surface area contributed by atoms with Gasteiger partial charge in [-0.15, -0.1) is 0 Å². The third-order valence-corrected chi connectivity index (χ3v) is 7.46. The van der Waals surface area contributed by atoms with Crippen molar-refractivity contribution in [2.75, 3.05) is 6.61 Å². The Morgan fingerprint density at radius 2 is 1.76 bits per heavy atom. The van der Waals surface area contributed by atoms with Crippen molar-refractivity contribution in [2.24, 2.45) is 5.92 Å². The average molecular weight is 510 g/mol. The number of fused-ring (bicyclic) bond motifs is 1. The van der Waals surface area contributed by atoms with Crippen LogP contribution in [0, 0.1) is 19.8 Å². The zero-order chi connectivity index (χ0) is 26.6. The summed E-state index contributed by atoms with van der Waals surface area (Å²) < 4.78 is 7.51. The summed E-state index contributed by atoms with van der Waals surface area (Å²) in [6.45, 7) is 7.18. The largest absolute Gasteiger partial charge is 0.447 e. The maximum absolute atomic E-state index is 13.2. The molecule has 5 rings (SSSR count). The van der Waals surface area contributed by atoms with Gasteiger partial charge in [0.15, 0.2) is 0 Å². The van der Waals surface area contributed by atoms with Crippen LogP contribution in [0.25, 0.3) is 22.2 Å². The molecule has 196 valence electrons. The van der Waals surface area contributed by atoms with Crippen LogP contribution in [0.3, 0.4) is 0 Å². The third-order valence-electron chi connectivity index (χ3n) is 7.46. The topological polar surface area (TPSA) is 64.4 Å². The van der Waals surface area contributed by atoms with E-state index in [1.54, 1.807) is 0 Å². The van der Waals surface area contributed by atoms with E-state index in [0.29, 0.717) is 6.42 Å². The molecule has 1 aliphatic rings. The van der Waals surface area contributed by atoms with E-state index in [1.807, 2.05) is 50.2 Å². The molecule has 0 bridgehead atoms.